The van der Waals surface area contributed by atoms with E-state index in [0.717, 1.165) is 16.7 Å². The van der Waals surface area contributed by atoms with E-state index in [-0.39, 0.29) is 24.3 Å². The average Bonchev–Trinajstić information content (AvgIpc) is 3.27. The second kappa shape index (κ2) is 10.5. The highest BCUT2D eigenvalue weighted by Gasteiger charge is 2.31. The largest absolute Gasteiger partial charge is 0.341 e. The number of hydrogen-bond donors (Lipinski definition) is 1. The van der Waals surface area contributed by atoms with Crippen LogP contribution in [0.4, 0.5) is 5.13 Å². The molecule has 1 atom stereocenters. The van der Waals surface area contributed by atoms with E-state index in [1.54, 1.807) is 12.4 Å². The Morgan fingerprint density at radius 3 is 2.81 bits per heavy atom. The van der Waals surface area contributed by atoms with Crippen LogP contribution < -0.4 is 5.32 Å². The van der Waals surface area contributed by atoms with E-state index in [1.165, 1.54) is 11.3 Å². The van der Waals surface area contributed by atoms with Gasteiger partial charge in [0.2, 0.25) is 11.8 Å². The van der Waals surface area contributed by atoms with Gasteiger partial charge in [0.25, 0.3) is 0 Å². The molecular weight excluding hydrogens is 422 g/mol. The van der Waals surface area contributed by atoms with Crippen LogP contribution in [0.5, 0.6) is 0 Å². The second-order valence-corrected chi connectivity index (χ2v) is 8.73. The van der Waals surface area contributed by atoms with Crippen molar-refractivity contribution in [3.63, 3.8) is 0 Å². The topological polar surface area (TPSA) is 78.4 Å². The van der Waals surface area contributed by atoms with Gasteiger partial charge in [0.05, 0.1) is 12.5 Å². The number of carbonyl (C=O) groups excluding carboxylic acids is 2. The molecule has 1 saturated heterocycles. The van der Waals surface area contributed by atoms with Gasteiger partial charge in [-0.15, -0.1) is 11.3 Å². The van der Waals surface area contributed by atoms with Gasteiger partial charge in [0, 0.05) is 55.7 Å². The molecule has 0 spiro atoms. The molecule has 166 valence electrons. The maximum absolute atomic E-state index is 13.3. The maximum atomic E-state index is 13.3. The minimum Gasteiger partial charge on any atom is -0.341 e. The van der Waals surface area contributed by atoms with Crippen molar-refractivity contribution in [3.05, 3.63) is 65.9 Å². The Bertz CT molecular complexity index is 1040. The lowest BCUT2D eigenvalue weighted by atomic mass is 9.91. The number of aromatic nitrogens is 2. The summed E-state index contributed by atoms with van der Waals surface area (Å²) in [5.41, 5.74) is 3.24. The molecule has 1 aliphatic heterocycles. The van der Waals surface area contributed by atoms with Crippen LogP contribution >= 0.6 is 11.3 Å². The Labute approximate surface area is 192 Å². The minimum absolute atomic E-state index is 0.105. The molecule has 1 aromatic carbocycles. The third-order valence-corrected chi connectivity index (χ3v) is 6.40. The van der Waals surface area contributed by atoms with Crippen molar-refractivity contribution < 1.29 is 9.59 Å². The summed E-state index contributed by atoms with van der Waals surface area (Å²) < 4.78 is 0. The van der Waals surface area contributed by atoms with Crippen molar-refractivity contribution >= 4 is 28.3 Å². The van der Waals surface area contributed by atoms with Gasteiger partial charge < -0.3 is 10.2 Å². The molecule has 0 radical (unpaired) electrons. The lowest BCUT2D eigenvalue weighted by molar-refractivity contribution is -0.134. The van der Waals surface area contributed by atoms with Gasteiger partial charge in [0.1, 0.15) is 0 Å². The first kappa shape index (κ1) is 22.1. The zero-order valence-electron chi connectivity index (χ0n) is 18.1. The smallest absolute Gasteiger partial charge is 0.240 e. The van der Waals surface area contributed by atoms with Crippen LogP contribution in [0.2, 0.25) is 0 Å². The maximum Gasteiger partial charge on any atom is 0.240 e. The van der Waals surface area contributed by atoms with E-state index in [4.69, 9.17) is 0 Å². The predicted molar refractivity (Wildman–Crippen MR) is 126 cm³/mol. The van der Waals surface area contributed by atoms with Crippen LogP contribution in [-0.4, -0.2) is 64.3 Å². The Kier molecular flexibility index (Phi) is 7.24. The molecular formula is C24H27N5O2S. The highest BCUT2D eigenvalue weighted by Crippen LogP contribution is 2.26. The van der Waals surface area contributed by atoms with Crippen molar-refractivity contribution in [2.45, 2.75) is 13.3 Å². The summed E-state index contributed by atoms with van der Waals surface area (Å²) in [4.78, 5) is 38.2. The molecule has 0 bridgehead atoms. The summed E-state index contributed by atoms with van der Waals surface area (Å²) in [5, 5.41) is 5.27. The average molecular weight is 450 g/mol. The molecule has 8 heteroatoms. The van der Waals surface area contributed by atoms with Gasteiger partial charge in [-0.3, -0.25) is 19.5 Å². The van der Waals surface area contributed by atoms with Crippen molar-refractivity contribution in [2.24, 2.45) is 5.92 Å². The second-order valence-electron chi connectivity index (χ2n) is 7.84. The quantitative estimate of drug-likeness (QED) is 0.600. The standard InChI is InChI=1S/C24H27N5O2S/c1-2-29-12-11-28(17-22(30)27-24-26-10-13-32-24)16-20(23(29)31)14-18-6-3-4-8-21(18)19-7-5-9-25-15-19/h3-10,13,15,20H,2,11-12,14,16-17H2,1H3,(H,26,27,30)/t20-/m1/s1. The van der Waals surface area contributed by atoms with Crippen molar-refractivity contribution in [2.75, 3.05) is 38.0 Å². The molecule has 32 heavy (non-hydrogen) atoms. The van der Waals surface area contributed by atoms with Gasteiger partial charge in [-0.1, -0.05) is 30.3 Å². The number of pyridine rings is 1. The molecule has 7 nitrogen and oxygen atoms in total. The molecule has 0 unspecified atom stereocenters. The van der Waals surface area contributed by atoms with Crippen molar-refractivity contribution in [3.8, 4) is 11.1 Å². The summed E-state index contributed by atoms with van der Waals surface area (Å²) >= 11 is 1.39. The van der Waals surface area contributed by atoms with E-state index < -0.39 is 0 Å². The number of amides is 2. The SMILES string of the molecule is CCN1CCN(CC(=O)Nc2nccs2)C[C@@H](Cc2ccccc2-c2cccnc2)C1=O. The number of nitrogens with zero attached hydrogens (tertiary/aromatic N) is 4. The van der Waals surface area contributed by atoms with Gasteiger partial charge in [-0.05, 0) is 30.5 Å². The number of hydrogen-bond acceptors (Lipinski definition) is 6. The number of rotatable bonds is 7. The van der Waals surface area contributed by atoms with E-state index in [9.17, 15) is 9.59 Å². The van der Waals surface area contributed by atoms with E-state index >= 15 is 0 Å². The Hall–Kier alpha value is -3.10. The fraction of sp³-hybridized carbons (Fsp3) is 0.333. The lowest BCUT2D eigenvalue weighted by Crippen LogP contribution is -2.38. The number of carbonyl (C=O) groups is 2. The van der Waals surface area contributed by atoms with Gasteiger partial charge in [-0.25, -0.2) is 4.98 Å². The molecule has 3 aromatic rings. The molecule has 0 saturated carbocycles. The summed E-state index contributed by atoms with van der Waals surface area (Å²) in [6.07, 6.45) is 5.89. The first-order chi connectivity index (χ1) is 15.6. The molecule has 3 heterocycles. The van der Waals surface area contributed by atoms with E-state index in [0.29, 0.717) is 37.7 Å². The molecule has 4 rings (SSSR count). The van der Waals surface area contributed by atoms with Crippen molar-refractivity contribution in [1.29, 1.82) is 0 Å². The Balaban J connectivity index is 1.52. The van der Waals surface area contributed by atoms with Gasteiger partial charge >= 0.3 is 0 Å². The summed E-state index contributed by atoms with van der Waals surface area (Å²) in [6, 6.07) is 12.1. The first-order valence-electron chi connectivity index (χ1n) is 10.8. The molecule has 1 fully saturated rings. The van der Waals surface area contributed by atoms with Crippen LogP contribution in [0.15, 0.2) is 60.4 Å². The number of anilines is 1. The number of thiazole rings is 1. The lowest BCUT2D eigenvalue weighted by Gasteiger charge is -2.24. The number of nitrogens with one attached hydrogen (secondary N) is 1. The van der Waals surface area contributed by atoms with Crippen LogP contribution in [0.1, 0.15) is 12.5 Å². The fourth-order valence-corrected chi connectivity index (χ4v) is 4.68. The normalized spacial score (nSPS) is 17.2. The van der Waals surface area contributed by atoms with E-state index in [2.05, 4.69) is 32.3 Å². The molecule has 1 aliphatic rings. The highest BCUT2D eigenvalue weighted by molar-refractivity contribution is 7.13. The summed E-state index contributed by atoms with van der Waals surface area (Å²) in [5.74, 6) is -0.175. The van der Waals surface area contributed by atoms with Crippen LogP contribution in [0, 0.1) is 5.92 Å². The summed E-state index contributed by atoms with van der Waals surface area (Å²) in [6.45, 7) is 4.75. The van der Waals surface area contributed by atoms with Crippen LogP contribution in [0.25, 0.3) is 11.1 Å². The van der Waals surface area contributed by atoms with E-state index in [1.807, 2.05) is 47.7 Å². The van der Waals surface area contributed by atoms with Crippen LogP contribution in [-0.2, 0) is 16.0 Å². The zero-order chi connectivity index (χ0) is 22.3. The third-order valence-electron chi connectivity index (χ3n) is 5.71. The van der Waals surface area contributed by atoms with Crippen LogP contribution in [0.3, 0.4) is 0 Å². The molecule has 0 aliphatic carbocycles. The van der Waals surface area contributed by atoms with Crippen molar-refractivity contribution in [1.82, 2.24) is 19.8 Å². The number of benzene rings is 1. The Morgan fingerprint density at radius 2 is 2.06 bits per heavy atom. The number of likely N-dealkylation sites (N-methyl/N-ethyl adjacent to an activating group) is 1. The summed E-state index contributed by atoms with van der Waals surface area (Å²) in [7, 11) is 0. The minimum atomic E-state index is -0.220. The molecule has 1 N–H and O–H groups in total. The highest BCUT2D eigenvalue weighted by atomic mass is 32.1. The Morgan fingerprint density at radius 1 is 1.19 bits per heavy atom. The fourth-order valence-electron chi connectivity index (χ4n) is 4.14. The monoisotopic (exact) mass is 449 g/mol. The predicted octanol–water partition coefficient (Wildman–Crippen LogP) is 3.17. The van der Waals surface area contributed by atoms with Gasteiger partial charge in [-0.2, -0.15) is 0 Å². The zero-order valence-corrected chi connectivity index (χ0v) is 18.9. The molecule has 2 amide bonds. The third kappa shape index (κ3) is 5.38. The van der Waals surface area contributed by atoms with Gasteiger partial charge in [0.15, 0.2) is 5.13 Å². The first-order valence-corrected chi connectivity index (χ1v) is 11.7. The molecule has 2 aromatic heterocycles.